The first-order chi connectivity index (χ1) is 9.48. The Balaban J connectivity index is 2.02. The van der Waals surface area contributed by atoms with Crippen molar-refractivity contribution in [2.24, 2.45) is 5.41 Å². The summed E-state index contributed by atoms with van der Waals surface area (Å²) in [5.74, 6) is -0.0717. The Labute approximate surface area is 127 Å². The molecule has 20 heavy (non-hydrogen) atoms. The van der Waals surface area contributed by atoms with Gasteiger partial charge in [0.25, 0.3) is 5.91 Å². The van der Waals surface area contributed by atoms with E-state index in [0.29, 0.717) is 22.1 Å². The molecule has 1 N–H and O–H groups in total. The molecule has 0 fully saturated rings. The van der Waals surface area contributed by atoms with E-state index in [1.165, 1.54) is 0 Å². The van der Waals surface area contributed by atoms with Crippen molar-refractivity contribution in [3.05, 3.63) is 58.1 Å². The molecule has 0 saturated carbocycles. The highest BCUT2D eigenvalue weighted by molar-refractivity contribution is 6.40. The summed E-state index contributed by atoms with van der Waals surface area (Å²) < 4.78 is 0. The molecule has 102 valence electrons. The van der Waals surface area contributed by atoms with Gasteiger partial charge in [-0.2, -0.15) is 0 Å². The SMILES string of the molecule is CC1(/C=C2\C(=O)Nc3ccccc32)C=CC(Cl)=C(Cl)C1. The number of fused-ring (bicyclic) bond motifs is 1. The third-order valence-corrected chi connectivity index (χ3v) is 4.38. The van der Waals surface area contributed by atoms with Crippen molar-refractivity contribution in [3.63, 3.8) is 0 Å². The van der Waals surface area contributed by atoms with Crippen LogP contribution in [-0.2, 0) is 4.79 Å². The maximum atomic E-state index is 12.1. The number of anilines is 1. The second-order valence-electron chi connectivity index (χ2n) is 5.33. The number of hydrogen-bond acceptors (Lipinski definition) is 1. The van der Waals surface area contributed by atoms with Crippen LogP contribution in [0.1, 0.15) is 18.9 Å². The smallest absolute Gasteiger partial charge is 0.256 e. The third kappa shape index (κ3) is 2.30. The topological polar surface area (TPSA) is 29.1 Å². The van der Waals surface area contributed by atoms with Crippen LogP contribution in [0.3, 0.4) is 0 Å². The van der Waals surface area contributed by atoms with Gasteiger partial charge in [0.1, 0.15) is 0 Å². The summed E-state index contributed by atoms with van der Waals surface area (Å²) in [7, 11) is 0. The number of rotatable bonds is 1. The molecule has 0 radical (unpaired) electrons. The minimum atomic E-state index is -0.306. The van der Waals surface area contributed by atoms with Crippen LogP contribution in [0, 0.1) is 5.41 Å². The molecule has 1 aromatic carbocycles. The van der Waals surface area contributed by atoms with Crippen LogP contribution in [0.25, 0.3) is 5.57 Å². The third-order valence-electron chi connectivity index (χ3n) is 3.59. The summed E-state index contributed by atoms with van der Waals surface area (Å²) in [5.41, 5.74) is 2.17. The normalized spacial score (nSPS) is 26.9. The molecule has 2 nitrogen and oxygen atoms in total. The Morgan fingerprint density at radius 1 is 1.30 bits per heavy atom. The average Bonchev–Trinajstić information content (AvgIpc) is 2.71. The summed E-state index contributed by atoms with van der Waals surface area (Å²) in [4.78, 5) is 12.1. The molecule has 1 amide bonds. The molecule has 1 heterocycles. The fraction of sp³-hybridized carbons (Fsp3) is 0.188. The summed E-state index contributed by atoms with van der Waals surface area (Å²) in [6, 6.07) is 7.68. The zero-order valence-corrected chi connectivity index (χ0v) is 12.4. The zero-order chi connectivity index (χ0) is 14.3. The fourth-order valence-corrected chi connectivity index (χ4v) is 3.02. The largest absolute Gasteiger partial charge is 0.321 e. The van der Waals surface area contributed by atoms with Crippen molar-refractivity contribution in [2.75, 3.05) is 5.32 Å². The Hall–Kier alpha value is -1.51. The Bertz CT molecular complexity index is 687. The van der Waals surface area contributed by atoms with E-state index in [-0.39, 0.29) is 11.3 Å². The Morgan fingerprint density at radius 3 is 2.80 bits per heavy atom. The van der Waals surface area contributed by atoms with Crippen LogP contribution in [-0.4, -0.2) is 5.91 Å². The number of carbonyl (C=O) groups is 1. The van der Waals surface area contributed by atoms with E-state index in [1.54, 1.807) is 6.08 Å². The van der Waals surface area contributed by atoms with Crippen LogP contribution in [0.2, 0.25) is 0 Å². The number of carbonyl (C=O) groups excluding carboxylic acids is 1. The summed E-state index contributed by atoms with van der Waals surface area (Å²) >= 11 is 12.1. The van der Waals surface area contributed by atoms with Gasteiger partial charge < -0.3 is 5.32 Å². The van der Waals surface area contributed by atoms with E-state index >= 15 is 0 Å². The molecular formula is C16H13Cl2NO. The second kappa shape index (κ2) is 4.80. The summed E-state index contributed by atoms with van der Waals surface area (Å²) in [5, 5.41) is 4.07. The number of allylic oxidation sites excluding steroid dienone is 5. The van der Waals surface area contributed by atoms with Crippen LogP contribution in [0.4, 0.5) is 5.69 Å². The van der Waals surface area contributed by atoms with Crippen molar-refractivity contribution in [1.82, 2.24) is 0 Å². The maximum absolute atomic E-state index is 12.1. The fourth-order valence-electron chi connectivity index (χ4n) is 2.54. The lowest BCUT2D eigenvalue weighted by Gasteiger charge is -2.26. The minimum absolute atomic E-state index is 0.0717. The molecule has 0 bridgehead atoms. The quantitative estimate of drug-likeness (QED) is 0.750. The van der Waals surface area contributed by atoms with Gasteiger partial charge in [-0.3, -0.25) is 4.79 Å². The Kier molecular flexibility index (Phi) is 3.23. The van der Waals surface area contributed by atoms with Gasteiger partial charge in [0.2, 0.25) is 0 Å². The highest BCUT2D eigenvalue weighted by Crippen LogP contribution is 2.42. The standard InChI is InChI=1S/C16H13Cl2NO/c1-16(7-6-12(17)13(18)9-16)8-11-10-4-2-3-5-14(10)19-15(11)20/h2-8H,9H2,1H3,(H,19,20)/b11-8-. The number of amides is 1. The first-order valence-corrected chi connectivity index (χ1v) is 7.11. The molecule has 1 unspecified atom stereocenters. The summed E-state index contributed by atoms with van der Waals surface area (Å²) in [6.45, 7) is 2.04. The van der Waals surface area contributed by atoms with E-state index < -0.39 is 0 Å². The van der Waals surface area contributed by atoms with Crippen molar-refractivity contribution in [2.45, 2.75) is 13.3 Å². The van der Waals surface area contributed by atoms with Gasteiger partial charge >= 0.3 is 0 Å². The average molecular weight is 306 g/mol. The van der Waals surface area contributed by atoms with Crippen LogP contribution < -0.4 is 5.32 Å². The lowest BCUT2D eigenvalue weighted by atomic mass is 9.81. The highest BCUT2D eigenvalue weighted by atomic mass is 35.5. The van der Waals surface area contributed by atoms with E-state index in [9.17, 15) is 4.79 Å². The van der Waals surface area contributed by atoms with Crippen LogP contribution in [0.5, 0.6) is 0 Å². The predicted octanol–water partition coefficient (Wildman–Crippen LogP) is 4.68. The number of hydrogen-bond donors (Lipinski definition) is 1. The Morgan fingerprint density at radius 2 is 2.05 bits per heavy atom. The van der Waals surface area contributed by atoms with E-state index in [0.717, 1.165) is 11.3 Å². The number of benzene rings is 1. The van der Waals surface area contributed by atoms with E-state index in [4.69, 9.17) is 23.2 Å². The van der Waals surface area contributed by atoms with Crippen LogP contribution >= 0.6 is 23.2 Å². The van der Waals surface area contributed by atoms with Crippen molar-refractivity contribution in [3.8, 4) is 0 Å². The number of nitrogens with one attached hydrogen (secondary N) is 1. The number of halogens is 2. The van der Waals surface area contributed by atoms with Crippen molar-refractivity contribution < 1.29 is 4.79 Å². The minimum Gasteiger partial charge on any atom is -0.321 e. The molecule has 4 heteroatoms. The number of para-hydroxylation sites is 1. The molecule has 1 aromatic rings. The van der Waals surface area contributed by atoms with E-state index in [2.05, 4.69) is 5.32 Å². The molecule has 0 spiro atoms. The van der Waals surface area contributed by atoms with Crippen molar-refractivity contribution >= 4 is 40.4 Å². The predicted molar refractivity (Wildman–Crippen MR) is 83.6 cm³/mol. The zero-order valence-electron chi connectivity index (χ0n) is 10.9. The monoisotopic (exact) mass is 305 g/mol. The molecule has 0 aromatic heterocycles. The van der Waals surface area contributed by atoms with Gasteiger partial charge in [-0.25, -0.2) is 0 Å². The molecule has 2 aliphatic rings. The second-order valence-corrected chi connectivity index (χ2v) is 6.19. The molecule has 3 rings (SSSR count). The molecular weight excluding hydrogens is 293 g/mol. The lowest BCUT2D eigenvalue weighted by Crippen LogP contribution is -2.15. The first kappa shape index (κ1) is 13.5. The van der Waals surface area contributed by atoms with Gasteiger partial charge in [-0.05, 0) is 18.6 Å². The highest BCUT2D eigenvalue weighted by Gasteiger charge is 2.30. The molecule has 1 aliphatic carbocycles. The summed E-state index contributed by atoms with van der Waals surface area (Å²) in [6.07, 6.45) is 6.35. The van der Waals surface area contributed by atoms with Gasteiger partial charge in [-0.1, -0.05) is 60.5 Å². The van der Waals surface area contributed by atoms with Crippen LogP contribution in [0.15, 0.2) is 52.6 Å². The maximum Gasteiger partial charge on any atom is 0.256 e. The molecule has 1 atom stereocenters. The lowest BCUT2D eigenvalue weighted by molar-refractivity contribution is -0.110. The van der Waals surface area contributed by atoms with Gasteiger partial charge in [0.15, 0.2) is 0 Å². The van der Waals surface area contributed by atoms with Crippen molar-refractivity contribution in [1.29, 1.82) is 0 Å². The van der Waals surface area contributed by atoms with Gasteiger partial charge in [0.05, 0.1) is 5.03 Å². The molecule has 0 saturated heterocycles. The van der Waals surface area contributed by atoms with E-state index in [1.807, 2.05) is 43.3 Å². The molecule has 1 aliphatic heterocycles. The van der Waals surface area contributed by atoms with Gasteiger partial charge in [-0.15, -0.1) is 0 Å². The first-order valence-electron chi connectivity index (χ1n) is 6.35. The van der Waals surface area contributed by atoms with Gasteiger partial charge in [0, 0.05) is 27.3 Å².